The minimum atomic E-state index is -0.534. The number of fused-ring (bicyclic) bond motifs is 2. The number of hydrogen-bond acceptors (Lipinski definition) is 6. The summed E-state index contributed by atoms with van der Waals surface area (Å²) in [5.74, 6) is -1.98. The van der Waals surface area contributed by atoms with E-state index in [0.717, 1.165) is 17.7 Å². The second kappa shape index (κ2) is 8.38. The molecule has 3 heterocycles. The highest BCUT2D eigenvalue weighted by Gasteiger charge is 2.48. The number of benzene rings is 1. The third-order valence-corrected chi connectivity index (χ3v) is 6.59. The van der Waals surface area contributed by atoms with Crippen molar-refractivity contribution in [2.45, 2.75) is 25.7 Å². The van der Waals surface area contributed by atoms with Gasteiger partial charge in [-0.2, -0.15) is 0 Å². The molecule has 9 heteroatoms. The lowest BCUT2D eigenvalue weighted by Gasteiger charge is -2.26. The van der Waals surface area contributed by atoms with E-state index in [-0.39, 0.29) is 47.5 Å². The third-order valence-electron chi connectivity index (χ3n) is 6.59. The Labute approximate surface area is 184 Å². The van der Waals surface area contributed by atoms with Crippen molar-refractivity contribution in [2.75, 3.05) is 38.2 Å². The summed E-state index contributed by atoms with van der Waals surface area (Å²) in [7, 11) is 0. The van der Waals surface area contributed by atoms with Gasteiger partial charge in [0.05, 0.1) is 25.0 Å². The van der Waals surface area contributed by atoms with Crippen LogP contribution in [0.4, 0.5) is 5.69 Å². The number of para-hydroxylation sites is 1. The molecule has 5 rings (SSSR count). The van der Waals surface area contributed by atoms with E-state index in [1.54, 1.807) is 29.2 Å². The van der Waals surface area contributed by atoms with Gasteiger partial charge in [-0.05, 0) is 25.0 Å². The number of hydrogen-bond donors (Lipinski definition) is 1. The highest BCUT2D eigenvalue weighted by atomic mass is 16.5. The van der Waals surface area contributed by atoms with Crippen molar-refractivity contribution in [1.82, 2.24) is 9.80 Å². The highest BCUT2D eigenvalue weighted by Crippen LogP contribution is 2.38. The summed E-state index contributed by atoms with van der Waals surface area (Å²) in [4.78, 5) is 54.1. The molecule has 9 nitrogen and oxygen atoms in total. The molecule has 2 aromatic rings. The van der Waals surface area contributed by atoms with Gasteiger partial charge in [0.25, 0.3) is 5.91 Å². The van der Waals surface area contributed by atoms with Crippen molar-refractivity contribution in [3.05, 3.63) is 30.0 Å². The van der Waals surface area contributed by atoms with Crippen LogP contribution in [0.25, 0.3) is 11.0 Å². The van der Waals surface area contributed by atoms with Crippen LogP contribution in [0.2, 0.25) is 0 Å². The monoisotopic (exact) mass is 439 g/mol. The smallest absolute Gasteiger partial charge is 0.291 e. The van der Waals surface area contributed by atoms with Gasteiger partial charge in [-0.25, -0.2) is 0 Å². The van der Waals surface area contributed by atoms with Crippen LogP contribution in [0.3, 0.4) is 0 Å². The van der Waals surface area contributed by atoms with E-state index in [1.165, 1.54) is 0 Å². The lowest BCUT2D eigenvalue weighted by Crippen LogP contribution is -2.41. The molecule has 2 saturated heterocycles. The zero-order chi connectivity index (χ0) is 22.2. The molecule has 1 aromatic heterocycles. The molecular weight excluding hydrogens is 414 g/mol. The second-order valence-electron chi connectivity index (χ2n) is 8.52. The van der Waals surface area contributed by atoms with Crippen molar-refractivity contribution in [1.29, 1.82) is 0 Å². The average Bonchev–Trinajstić information content (AvgIpc) is 3.30. The molecule has 0 unspecified atom stereocenters. The number of morpholine rings is 1. The van der Waals surface area contributed by atoms with Crippen molar-refractivity contribution >= 4 is 40.3 Å². The van der Waals surface area contributed by atoms with E-state index in [4.69, 9.17) is 9.15 Å². The largest absolute Gasteiger partial charge is 0.449 e. The average molecular weight is 439 g/mol. The van der Waals surface area contributed by atoms with Crippen molar-refractivity contribution in [3.8, 4) is 0 Å². The minimum absolute atomic E-state index is 0.0363. The molecule has 32 heavy (non-hydrogen) atoms. The molecular formula is C23H25N3O6. The zero-order valence-corrected chi connectivity index (χ0v) is 17.7. The molecule has 4 amide bonds. The van der Waals surface area contributed by atoms with Gasteiger partial charge in [-0.1, -0.05) is 25.0 Å². The number of nitrogens with one attached hydrogen (secondary N) is 1. The maximum absolute atomic E-state index is 13.1. The van der Waals surface area contributed by atoms with Crippen LogP contribution in [0.5, 0.6) is 0 Å². The first-order valence-corrected chi connectivity index (χ1v) is 11.1. The summed E-state index contributed by atoms with van der Waals surface area (Å²) in [5.41, 5.74) is 0.734. The van der Waals surface area contributed by atoms with E-state index in [2.05, 4.69) is 5.32 Å². The fourth-order valence-electron chi connectivity index (χ4n) is 4.94. The standard InChI is InChI=1S/C23H25N3O6/c27-18(13-26-21(28)14-5-1-2-6-15(14)22(26)29)24-19-16-7-3-4-8-17(16)32-20(19)23(30)25-9-11-31-12-10-25/h3-4,7-8,14-15H,1-2,5-6,9-13H2,(H,24,27)/t14-,15-/m0/s1. The molecule has 3 fully saturated rings. The molecule has 0 bridgehead atoms. The molecule has 0 spiro atoms. The molecule has 0 radical (unpaired) electrons. The zero-order valence-electron chi connectivity index (χ0n) is 17.7. The summed E-state index contributed by atoms with van der Waals surface area (Å²) in [6.07, 6.45) is 3.23. The number of nitrogens with zero attached hydrogens (tertiary/aromatic N) is 2. The van der Waals surface area contributed by atoms with Gasteiger partial charge in [-0.3, -0.25) is 24.1 Å². The number of carbonyl (C=O) groups is 4. The Balaban J connectivity index is 1.38. The Morgan fingerprint density at radius 1 is 1.00 bits per heavy atom. The Morgan fingerprint density at radius 3 is 2.34 bits per heavy atom. The molecule has 1 saturated carbocycles. The normalized spacial score (nSPS) is 23.5. The molecule has 1 aliphatic carbocycles. The number of likely N-dealkylation sites (tertiary alicyclic amines) is 1. The van der Waals surface area contributed by atoms with Gasteiger partial charge >= 0.3 is 0 Å². The predicted molar refractivity (Wildman–Crippen MR) is 114 cm³/mol. The summed E-state index contributed by atoms with van der Waals surface area (Å²) in [5, 5.41) is 3.33. The Bertz CT molecular complexity index is 1060. The van der Waals surface area contributed by atoms with Crippen LogP contribution >= 0.6 is 0 Å². The number of rotatable bonds is 4. The fourth-order valence-corrected chi connectivity index (χ4v) is 4.94. The minimum Gasteiger partial charge on any atom is -0.449 e. The summed E-state index contributed by atoms with van der Waals surface area (Å²) < 4.78 is 11.1. The van der Waals surface area contributed by atoms with E-state index in [9.17, 15) is 19.2 Å². The first kappa shape index (κ1) is 20.7. The van der Waals surface area contributed by atoms with Gasteiger partial charge < -0.3 is 19.4 Å². The highest BCUT2D eigenvalue weighted by molar-refractivity contribution is 6.13. The Morgan fingerprint density at radius 2 is 1.66 bits per heavy atom. The Hall–Kier alpha value is -3.20. The molecule has 2 aliphatic heterocycles. The third kappa shape index (κ3) is 3.56. The maximum Gasteiger partial charge on any atom is 0.291 e. The summed E-state index contributed by atoms with van der Waals surface area (Å²) >= 11 is 0. The van der Waals surface area contributed by atoms with Crippen LogP contribution < -0.4 is 5.32 Å². The van der Waals surface area contributed by atoms with Crippen LogP contribution in [0, 0.1) is 11.8 Å². The maximum atomic E-state index is 13.1. The summed E-state index contributed by atoms with van der Waals surface area (Å²) in [6.45, 7) is 1.38. The quantitative estimate of drug-likeness (QED) is 0.730. The lowest BCUT2D eigenvalue weighted by molar-refractivity contribution is -0.142. The van der Waals surface area contributed by atoms with Crippen LogP contribution in [0.15, 0.2) is 28.7 Å². The summed E-state index contributed by atoms with van der Waals surface area (Å²) in [6, 6.07) is 7.04. The molecule has 1 aromatic carbocycles. The molecule has 168 valence electrons. The fraction of sp³-hybridized carbons (Fsp3) is 0.478. The van der Waals surface area contributed by atoms with Crippen LogP contribution in [-0.4, -0.2) is 66.3 Å². The van der Waals surface area contributed by atoms with Gasteiger partial charge in [-0.15, -0.1) is 0 Å². The predicted octanol–water partition coefficient (Wildman–Crippen LogP) is 2.02. The van der Waals surface area contributed by atoms with Crippen molar-refractivity contribution < 1.29 is 28.3 Å². The van der Waals surface area contributed by atoms with Crippen molar-refractivity contribution in [3.63, 3.8) is 0 Å². The topological polar surface area (TPSA) is 109 Å². The van der Waals surface area contributed by atoms with E-state index < -0.39 is 5.91 Å². The molecule has 1 N–H and O–H groups in total. The van der Waals surface area contributed by atoms with Gasteiger partial charge in [0, 0.05) is 18.5 Å². The lowest BCUT2D eigenvalue weighted by atomic mass is 9.81. The SMILES string of the molecule is O=C(CN1C(=O)[C@H]2CCCC[C@@H]2C1=O)Nc1c(C(=O)N2CCOCC2)oc2ccccc12. The van der Waals surface area contributed by atoms with E-state index in [0.29, 0.717) is 50.1 Å². The number of imide groups is 1. The Kier molecular flexibility index (Phi) is 5.42. The number of amides is 4. The molecule has 3 aliphatic rings. The van der Waals surface area contributed by atoms with Crippen molar-refractivity contribution in [2.24, 2.45) is 11.8 Å². The van der Waals surface area contributed by atoms with Gasteiger partial charge in [0.2, 0.25) is 23.5 Å². The van der Waals surface area contributed by atoms with Gasteiger partial charge in [0.1, 0.15) is 17.8 Å². The number of anilines is 1. The second-order valence-corrected chi connectivity index (χ2v) is 8.52. The van der Waals surface area contributed by atoms with Gasteiger partial charge in [0.15, 0.2) is 0 Å². The first-order chi connectivity index (χ1) is 15.5. The van der Waals surface area contributed by atoms with Crippen LogP contribution in [-0.2, 0) is 19.1 Å². The van der Waals surface area contributed by atoms with Crippen LogP contribution in [0.1, 0.15) is 36.2 Å². The number of furan rings is 1. The molecule has 2 atom stereocenters. The van der Waals surface area contributed by atoms with E-state index >= 15 is 0 Å². The van der Waals surface area contributed by atoms with E-state index in [1.807, 2.05) is 0 Å². The first-order valence-electron chi connectivity index (χ1n) is 11.1. The number of ether oxygens (including phenoxy) is 1. The number of carbonyl (C=O) groups excluding carboxylic acids is 4.